The van der Waals surface area contributed by atoms with Crippen LogP contribution in [-0.2, 0) is 10.2 Å². The number of hydrogen-bond acceptors (Lipinski definition) is 2. The van der Waals surface area contributed by atoms with Crippen molar-refractivity contribution in [1.82, 2.24) is 0 Å². The number of hydrogen-bond donors (Lipinski definition) is 1. The molecule has 1 aromatic rings. The van der Waals surface area contributed by atoms with Crippen LogP contribution >= 0.6 is 0 Å². The van der Waals surface area contributed by atoms with Crippen LogP contribution in [0.25, 0.3) is 0 Å². The van der Waals surface area contributed by atoms with Crippen LogP contribution in [-0.4, -0.2) is 11.1 Å². The summed E-state index contributed by atoms with van der Waals surface area (Å²) in [6, 6.07) is 11.0. The van der Waals surface area contributed by atoms with Gasteiger partial charge in [0.1, 0.15) is 5.41 Å². The van der Waals surface area contributed by atoms with Crippen molar-refractivity contribution in [1.29, 1.82) is 5.26 Å². The third kappa shape index (κ3) is 1.01. The Labute approximate surface area is 81.6 Å². The first kappa shape index (κ1) is 8.76. The number of nitriles is 1. The summed E-state index contributed by atoms with van der Waals surface area (Å²) in [7, 11) is 0. The lowest BCUT2D eigenvalue weighted by atomic mass is 9.94. The second kappa shape index (κ2) is 2.85. The molecule has 1 aliphatic carbocycles. The Balaban J connectivity index is 2.42. The van der Waals surface area contributed by atoms with Gasteiger partial charge in [0.2, 0.25) is 0 Å². The molecule has 2 atom stereocenters. The Hall–Kier alpha value is -1.82. The Kier molecular flexibility index (Phi) is 1.78. The predicted octanol–water partition coefficient (Wildman–Crippen LogP) is 1.55. The molecule has 1 saturated carbocycles. The zero-order chi connectivity index (χ0) is 10.2. The molecule has 1 aliphatic rings. The summed E-state index contributed by atoms with van der Waals surface area (Å²) >= 11 is 0. The van der Waals surface area contributed by atoms with E-state index in [0.29, 0.717) is 6.42 Å². The van der Waals surface area contributed by atoms with Gasteiger partial charge < -0.3 is 5.11 Å². The fourth-order valence-electron chi connectivity index (χ4n) is 1.83. The highest BCUT2D eigenvalue weighted by molar-refractivity contribution is 5.86. The summed E-state index contributed by atoms with van der Waals surface area (Å²) in [5.74, 6) is -1.27. The van der Waals surface area contributed by atoms with E-state index in [-0.39, 0.29) is 5.92 Å². The maximum Gasteiger partial charge on any atom is 0.315 e. The number of rotatable bonds is 2. The summed E-state index contributed by atoms with van der Waals surface area (Å²) in [5.41, 5.74) is -0.199. The summed E-state index contributed by atoms with van der Waals surface area (Å²) < 4.78 is 0. The molecule has 1 aromatic carbocycles. The van der Waals surface area contributed by atoms with E-state index < -0.39 is 11.4 Å². The first-order valence-electron chi connectivity index (χ1n) is 4.40. The van der Waals surface area contributed by atoms with Crippen LogP contribution in [0.15, 0.2) is 30.3 Å². The van der Waals surface area contributed by atoms with Crippen LogP contribution in [0.2, 0.25) is 0 Å². The molecule has 0 radical (unpaired) electrons. The van der Waals surface area contributed by atoms with Crippen LogP contribution < -0.4 is 0 Å². The number of nitrogens with zero attached hydrogens (tertiary/aromatic N) is 1. The van der Waals surface area contributed by atoms with Gasteiger partial charge in [-0.15, -0.1) is 0 Å². The molecule has 0 bridgehead atoms. The molecule has 2 rings (SSSR count). The molecule has 70 valence electrons. The van der Waals surface area contributed by atoms with E-state index in [4.69, 9.17) is 10.4 Å². The van der Waals surface area contributed by atoms with Crippen LogP contribution in [0.3, 0.4) is 0 Å². The Morgan fingerprint density at radius 3 is 2.57 bits per heavy atom. The molecular weight excluding hydrogens is 178 g/mol. The largest absolute Gasteiger partial charge is 0.481 e. The van der Waals surface area contributed by atoms with Gasteiger partial charge >= 0.3 is 5.97 Å². The van der Waals surface area contributed by atoms with Crippen molar-refractivity contribution in [3.05, 3.63) is 35.9 Å². The summed E-state index contributed by atoms with van der Waals surface area (Å²) in [6.07, 6.45) is 0.433. The van der Waals surface area contributed by atoms with Gasteiger partial charge in [0.25, 0.3) is 0 Å². The molecular formula is C11H9NO2. The summed E-state index contributed by atoms with van der Waals surface area (Å²) in [5, 5.41) is 17.8. The van der Waals surface area contributed by atoms with Gasteiger partial charge in [-0.2, -0.15) is 5.26 Å². The summed E-state index contributed by atoms with van der Waals surface area (Å²) in [4.78, 5) is 11.1. The van der Waals surface area contributed by atoms with E-state index in [1.165, 1.54) is 0 Å². The monoisotopic (exact) mass is 187 g/mol. The summed E-state index contributed by atoms with van der Waals surface area (Å²) in [6.45, 7) is 0. The Bertz CT molecular complexity index is 407. The van der Waals surface area contributed by atoms with Gasteiger partial charge in [0.05, 0.1) is 12.0 Å². The fourth-order valence-corrected chi connectivity index (χ4v) is 1.83. The minimum absolute atomic E-state index is 0.373. The smallest absolute Gasteiger partial charge is 0.315 e. The highest BCUT2D eigenvalue weighted by Gasteiger charge is 2.62. The highest BCUT2D eigenvalue weighted by atomic mass is 16.4. The second-order valence-corrected chi connectivity index (χ2v) is 3.53. The lowest BCUT2D eigenvalue weighted by Crippen LogP contribution is -2.22. The normalized spacial score (nSPS) is 29.2. The van der Waals surface area contributed by atoms with Crippen molar-refractivity contribution in [2.45, 2.75) is 11.8 Å². The van der Waals surface area contributed by atoms with Crippen LogP contribution in [0.5, 0.6) is 0 Å². The zero-order valence-electron chi connectivity index (χ0n) is 7.47. The molecule has 0 saturated heterocycles. The average molecular weight is 187 g/mol. The second-order valence-electron chi connectivity index (χ2n) is 3.53. The Morgan fingerprint density at radius 2 is 2.14 bits per heavy atom. The van der Waals surface area contributed by atoms with Gasteiger partial charge in [-0.05, 0) is 12.0 Å². The number of aliphatic carboxylic acids is 1. The van der Waals surface area contributed by atoms with Gasteiger partial charge in [-0.1, -0.05) is 30.3 Å². The average Bonchev–Trinajstić information content (AvgIpc) is 2.94. The standard InChI is InChI=1S/C11H9NO2/c12-7-9-6-11(9,10(13)14)8-4-2-1-3-5-8/h1-5,9H,6H2,(H,13,14). The van der Waals surface area contributed by atoms with Crippen LogP contribution in [0.1, 0.15) is 12.0 Å². The van der Waals surface area contributed by atoms with E-state index in [0.717, 1.165) is 5.56 Å². The van der Waals surface area contributed by atoms with Gasteiger partial charge in [-0.3, -0.25) is 4.79 Å². The quantitative estimate of drug-likeness (QED) is 0.764. The lowest BCUT2D eigenvalue weighted by molar-refractivity contribution is -0.140. The molecule has 2 unspecified atom stereocenters. The maximum atomic E-state index is 11.1. The minimum Gasteiger partial charge on any atom is -0.481 e. The van der Waals surface area contributed by atoms with Crippen molar-refractivity contribution < 1.29 is 9.90 Å². The van der Waals surface area contributed by atoms with E-state index in [1.807, 2.05) is 12.1 Å². The molecule has 0 heterocycles. The van der Waals surface area contributed by atoms with E-state index in [9.17, 15) is 4.79 Å². The minimum atomic E-state index is -0.935. The van der Waals surface area contributed by atoms with Crippen LogP contribution in [0, 0.1) is 17.2 Å². The first-order chi connectivity index (χ1) is 6.71. The molecule has 3 nitrogen and oxygen atoms in total. The topological polar surface area (TPSA) is 61.1 Å². The Morgan fingerprint density at radius 1 is 1.50 bits per heavy atom. The third-order valence-electron chi connectivity index (χ3n) is 2.79. The highest BCUT2D eigenvalue weighted by Crippen LogP contribution is 2.54. The van der Waals surface area contributed by atoms with E-state index in [1.54, 1.807) is 24.3 Å². The third-order valence-corrected chi connectivity index (χ3v) is 2.79. The van der Waals surface area contributed by atoms with Gasteiger partial charge in [0.15, 0.2) is 0 Å². The fraction of sp³-hybridized carbons (Fsp3) is 0.273. The molecule has 0 amide bonds. The SMILES string of the molecule is N#CC1CC1(C(=O)O)c1ccccc1. The molecule has 3 heteroatoms. The predicted molar refractivity (Wildman–Crippen MR) is 49.5 cm³/mol. The number of carbonyl (C=O) groups is 1. The number of carboxylic acids is 1. The van der Waals surface area contributed by atoms with Crippen molar-refractivity contribution in [2.75, 3.05) is 0 Å². The van der Waals surface area contributed by atoms with Crippen LogP contribution in [0.4, 0.5) is 0 Å². The van der Waals surface area contributed by atoms with Crippen molar-refractivity contribution in [2.24, 2.45) is 5.92 Å². The number of carboxylic acid groups (broad SMARTS) is 1. The maximum absolute atomic E-state index is 11.1. The van der Waals surface area contributed by atoms with Crippen molar-refractivity contribution >= 4 is 5.97 Å². The molecule has 0 spiro atoms. The molecule has 1 fully saturated rings. The zero-order valence-corrected chi connectivity index (χ0v) is 7.47. The molecule has 1 N–H and O–H groups in total. The van der Waals surface area contributed by atoms with E-state index in [2.05, 4.69) is 0 Å². The van der Waals surface area contributed by atoms with Crippen molar-refractivity contribution in [3.63, 3.8) is 0 Å². The molecule has 0 aliphatic heterocycles. The number of benzene rings is 1. The molecule has 0 aromatic heterocycles. The first-order valence-corrected chi connectivity index (χ1v) is 4.40. The molecule has 14 heavy (non-hydrogen) atoms. The van der Waals surface area contributed by atoms with E-state index >= 15 is 0 Å². The van der Waals surface area contributed by atoms with Gasteiger partial charge in [-0.25, -0.2) is 0 Å². The van der Waals surface area contributed by atoms with Gasteiger partial charge in [0, 0.05) is 0 Å². The van der Waals surface area contributed by atoms with Crippen molar-refractivity contribution in [3.8, 4) is 6.07 Å². The lowest BCUT2D eigenvalue weighted by Gasteiger charge is -2.09.